The van der Waals surface area contributed by atoms with Crippen LogP contribution in [0.2, 0.25) is 0 Å². The van der Waals surface area contributed by atoms with E-state index in [0.717, 1.165) is 12.1 Å². The number of hydrogen-bond donors (Lipinski definition) is 1. The van der Waals surface area contributed by atoms with Crippen LogP contribution in [0.25, 0.3) is 0 Å². The Morgan fingerprint density at radius 2 is 2.11 bits per heavy atom. The summed E-state index contributed by atoms with van der Waals surface area (Å²) in [5.41, 5.74) is -0.582. The highest BCUT2D eigenvalue weighted by Crippen LogP contribution is 2.21. The minimum Gasteiger partial charge on any atom is -0.394 e. The number of benzene rings is 1. The number of amides is 1. The first kappa shape index (κ1) is 14.4. The van der Waals surface area contributed by atoms with Gasteiger partial charge in [0.1, 0.15) is 17.2 Å². The number of carbonyl (C=O) groups is 1. The molecule has 4 nitrogen and oxygen atoms in total. The van der Waals surface area contributed by atoms with Crippen molar-refractivity contribution in [1.82, 2.24) is 4.90 Å². The van der Waals surface area contributed by atoms with Crippen LogP contribution in [0.1, 0.15) is 10.4 Å². The van der Waals surface area contributed by atoms with E-state index in [-0.39, 0.29) is 30.8 Å². The summed E-state index contributed by atoms with van der Waals surface area (Å²) < 4.78 is 32.8. The fourth-order valence-electron chi connectivity index (χ4n) is 1.92. The molecule has 104 valence electrons. The van der Waals surface area contributed by atoms with Gasteiger partial charge >= 0.3 is 0 Å². The SMILES string of the molecule is O=C(c1c(F)cc(Br)cc1F)N1CCOC(CO)C1. The Hall–Kier alpha value is -1.05. The molecule has 1 saturated heterocycles. The minimum atomic E-state index is -0.913. The third-order valence-electron chi connectivity index (χ3n) is 2.85. The Balaban J connectivity index is 2.24. The average Bonchev–Trinajstić information content (AvgIpc) is 2.37. The van der Waals surface area contributed by atoms with Crippen molar-refractivity contribution in [1.29, 1.82) is 0 Å². The molecule has 1 aliphatic heterocycles. The molecule has 1 aliphatic rings. The Labute approximate surface area is 117 Å². The zero-order valence-electron chi connectivity index (χ0n) is 9.91. The Kier molecular flexibility index (Phi) is 4.49. The third kappa shape index (κ3) is 3.10. The van der Waals surface area contributed by atoms with E-state index in [1.807, 2.05) is 0 Å². The second-order valence-corrected chi connectivity index (χ2v) is 5.09. The van der Waals surface area contributed by atoms with Gasteiger partial charge in [-0.3, -0.25) is 4.79 Å². The standard InChI is InChI=1S/C12H12BrF2NO3/c13-7-3-9(14)11(10(15)4-7)12(18)16-1-2-19-8(5-16)6-17/h3-4,8,17H,1-2,5-6H2. The fraction of sp³-hybridized carbons (Fsp3) is 0.417. The first-order chi connectivity index (χ1) is 9.02. The number of carbonyl (C=O) groups excluding carboxylic acids is 1. The molecule has 0 radical (unpaired) electrons. The number of ether oxygens (including phenoxy) is 1. The summed E-state index contributed by atoms with van der Waals surface area (Å²) in [4.78, 5) is 13.4. The molecule has 1 unspecified atom stereocenters. The minimum absolute atomic E-state index is 0.115. The van der Waals surface area contributed by atoms with Crippen molar-refractivity contribution in [2.24, 2.45) is 0 Å². The van der Waals surface area contributed by atoms with Crippen molar-refractivity contribution in [3.05, 3.63) is 33.8 Å². The fourth-order valence-corrected chi connectivity index (χ4v) is 2.32. The highest BCUT2D eigenvalue weighted by molar-refractivity contribution is 9.10. The molecule has 0 aromatic heterocycles. The summed E-state index contributed by atoms with van der Waals surface area (Å²) in [5, 5.41) is 8.99. The smallest absolute Gasteiger partial charge is 0.259 e. The van der Waals surface area contributed by atoms with E-state index in [1.54, 1.807) is 0 Å². The van der Waals surface area contributed by atoms with E-state index in [2.05, 4.69) is 15.9 Å². The summed E-state index contributed by atoms with van der Waals surface area (Å²) in [7, 11) is 0. The van der Waals surface area contributed by atoms with Gasteiger partial charge in [0.05, 0.1) is 19.3 Å². The molecular weight excluding hydrogens is 324 g/mol. The normalized spacial score (nSPS) is 19.6. The Bertz CT molecular complexity index is 475. The van der Waals surface area contributed by atoms with Crippen LogP contribution in [0, 0.1) is 11.6 Å². The van der Waals surface area contributed by atoms with Gasteiger partial charge in [-0.1, -0.05) is 15.9 Å². The zero-order valence-corrected chi connectivity index (χ0v) is 11.5. The molecule has 1 amide bonds. The van der Waals surface area contributed by atoms with Gasteiger partial charge in [0.2, 0.25) is 0 Å². The van der Waals surface area contributed by atoms with Gasteiger partial charge in [-0.25, -0.2) is 8.78 Å². The zero-order chi connectivity index (χ0) is 14.0. The second-order valence-electron chi connectivity index (χ2n) is 4.17. The van der Waals surface area contributed by atoms with Crippen LogP contribution in [0.4, 0.5) is 8.78 Å². The maximum Gasteiger partial charge on any atom is 0.259 e. The van der Waals surface area contributed by atoms with Crippen LogP contribution in [0.15, 0.2) is 16.6 Å². The molecule has 0 bridgehead atoms. The van der Waals surface area contributed by atoms with Gasteiger partial charge in [-0.05, 0) is 12.1 Å². The molecule has 0 spiro atoms. The quantitative estimate of drug-likeness (QED) is 0.892. The molecule has 1 aromatic rings. The van der Waals surface area contributed by atoms with E-state index >= 15 is 0 Å². The monoisotopic (exact) mass is 335 g/mol. The van der Waals surface area contributed by atoms with Crippen molar-refractivity contribution in [3.8, 4) is 0 Å². The number of aliphatic hydroxyl groups excluding tert-OH is 1. The van der Waals surface area contributed by atoms with Gasteiger partial charge in [0.15, 0.2) is 0 Å². The highest BCUT2D eigenvalue weighted by Gasteiger charge is 2.28. The van der Waals surface area contributed by atoms with Gasteiger partial charge in [0.25, 0.3) is 5.91 Å². The molecule has 0 aliphatic carbocycles. The number of rotatable bonds is 2. The lowest BCUT2D eigenvalue weighted by Gasteiger charge is -2.32. The maximum absolute atomic E-state index is 13.7. The lowest BCUT2D eigenvalue weighted by atomic mass is 10.1. The van der Waals surface area contributed by atoms with Gasteiger partial charge in [-0.2, -0.15) is 0 Å². The van der Waals surface area contributed by atoms with E-state index in [0.29, 0.717) is 0 Å². The van der Waals surface area contributed by atoms with Crippen LogP contribution < -0.4 is 0 Å². The van der Waals surface area contributed by atoms with E-state index < -0.39 is 29.2 Å². The van der Waals surface area contributed by atoms with Crippen molar-refractivity contribution < 1.29 is 23.4 Å². The largest absolute Gasteiger partial charge is 0.394 e. The summed E-state index contributed by atoms with van der Waals surface area (Å²) in [6.07, 6.45) is -0.515. The summed E-state index contributed by atoms with van der Waals surface area (Å²) in [6.45, 7) is 0.348. The topological polar surface area (TPSA) is 49.8 Å². The van der Waals surface area contributed by atoms with Crippen LogP contribution in [0.3, 0.4) is 0 Å². The number of morpholine rings is 1. The van der Waals surface area contributed by atoms with E-state index in [1.165, 1.54) is 4.90 Å². The van der Waals surface area contributed by atoms with Gasteiger partial charge in [0, 0.05) is 17.6 Å². The predicted molar refractivity (Wildman–Crippen MR) is 66.8 cm³/mol. The van der Waals surface area contributed by atoms with E-state index in [9.17, 15) is 13.6 Å². The maximum atomic E-state index is 13.7. The molecule has 1 N–H and O–H groups in total. The summed E-state index contributed by atoms with van der Waals surface area (Å²) in [5.74, 6) is -2.56. The van der Waals surface area contributed by atoms with Crippen LogP contribution in [-0.2, 0) is 4.74 Å². The summed E-state index contributed by atoms with van der Waals surface area (Å²) >= 11 is 2.96. The van der Waals surface area contributed by atoms with Crippen LogP contribution >= 0.6 is 15.9 Å². The molecule has 7 heteroatoms. The number of nitrogens with zero attached hydrogens (tertiary/aromatic N) is 1. The average molecular weight is 336 g/mol. The number of hydrogen-bond acceptors (Lipinski definition) is 3. The lowest BCUT2D eigenvalue weighted by molar-refractivity contribution is -0.0449. The van der Waals surface area contributed by atoms with E-state index in [4.69, 9.17) is 9.84 Å². The highest BCUT2D eigenvalue weighted by atomic mass is 79.9. The summed E-state index contributed by atoms with van der Waals surface area (Å²) in [6, 6.07) is 2.08. The molecule has 19 heavy (non-hydrogen) atoms. The second kappa shape index (κ2) is 5.94. The number of aliphatic hydroxyl groups is 1. The molecule has 1 fully saturated rings. The van der Waals surface area contributed by atoms with Crippen LogP contribution in [-0.4, -0.2) is 48.3 Å². The molecule has 1 aromatic carbocycles. The molecule has 2 rings (SSSR count). The first-order valence-electron chi connectivity index (χ1n) is 5.69. The molecule has 0 saturated carbocycles. The van der Waals surface area contributed by atoms with Crippen molar-refractivity contribution >= 4 is 21.8 Å². The molecule has 1 heterocycles. The Morgan fingerprint density at radius 3 is 2.68 bits per heavy atom. The molecule has 1 atom stereocenters. The number of halogens is 3. The predicted octanol–water partition coefficient (Wildman–Crippen LogP) is 1.56. The Morgan fingerprint density at radius 1 is 1.47 bits per heavy atom. The van der Waals surface area contributed by atoms with Crippen molar-refractivity contribution in [2.45, 2.75) is 6.10 Å². The lowest BCUT2D eigenvalue weighted by Crippen LogP contribution is -2.47. The van der Waals surface area contributed by atoms with Crippen molar-refractivity contribution in [2.75, 3.05) is 26.3 Å². The first-order valence-corrected chi connectivity index (χ1v) is 6.48. The molecular formula is C12H12BrF2NO3. The van der Waals surface area contributed by atoms with Crippen LogP contribution in [0.5, 0.6) is 0 Å². The van der Waals surface area contributed by atoms with Crippen molar-refractivity contribution in [3.63, 3.8) is 0 Å². The van der Waals surface area contributed by atoms with Gasteiger partial charge in [-0.15, -0.1) is 0 Å². The third-order valence-corrected chi connectivity index (χ3v) is 3.31. The van der Waals surface area contributed by atoms with Gasteiger partial charge < -0.3 is 14.7 Å².